The van der Waals surface area contributed by atoms with Crippen molar-refractivity contribution in [3.05, 3.63) is 35.4 Å². The SMILES string of the molecule is C/C=C/COc1cc(C)c(SCOCC(C)=NOC)c(C)c1. The highest BCUT2D eigenvalue weighted by Crippen LogP contribution is 2.30. The van der Waals surface area contributed by atoms with E-state index in [1.807, 2.05) is 26.0 Å². The number of hydrogen-bond acceptors (Lipinski definition) is 5. The molecular weight excluding hydrogens is 298 g/mol. The van der Waals surface area contributed by atoms with Gasteiger partial charge >= 0.3 is 0 Å². The van der Waals surface area contributed by atoms with Crippen LogP contribution in [0.4, 0.5) is 0 Å². The van der Waals surface area contributed by atoms with Crippen LogP contribution in [0.1, 0.15) is 25.0 Å². The lowest BCUT2D eigenvalue weighted by molar-refractivity contribution is 0.195. The fraction of sp³-hybridized carbons (Fsp3) is 0.471. The zero-order valence-corrected chi connectivity index (χ0v) is 14.8. The van der Waals surface area contributed by atoms with E-state index in [9.17, 15) is 0 Å². The molecule has 0 spiro atoms. The highest BCUT2D eigenvalue weighted by molar-refractivity contribution is 7.99. The minimum atomic E-state index is 0.476. The minimum absolute atomic E-state index is 0.476. The van der Waals surface area contributed by atoms with E-state index in [1.54, 1.807) is 11.8 Å². The van der Waals surface area contributed by atoms with E-state index in [0.29, 0.717) is 19.2 Å². The fourth-order valence-corrected chi connectivity index (χ4v) is 2.79. The number of rotatable bonds is 9. The van der Waals surface area contributed by atoms with E-state index >= 15 is 0 Å². The van der Waals surface area contributed by atoms with Crippen molar-refractivity contribution in [3.8, 4) is 5.75 Å². The Morgan fingerprint density at radius 1 is 1.27 bits per heavy atom. The molecule has 1 aromatic carbocycles. The third-order valence-electron chi connectivity index (χ3n) is 2.86. The largest absolute Gasteiger partial charge is 0.490 e. The molecule has 122 valence electrons. The fourth-order valence-electron chi connectivity index (χ4n) is 1.93. The summed E-state index contributed by atoms with van der Waals surface area (Å²) in [6, 6.07) is 4.13. The average Bonchev–Trinajstić information content (AvgIpc) is 2.46. The highest BCUT2D eigenvalue weighted by Gasteiger charge is 2.07. The lowest BCUT2D eigenvalue weighted by Gasteiger charge is -2.12. The zero-order chi connectivity index (χ0) is 16.4. The van der Waals surface area contributed by atoms with E-state index in [-0.39, 0.29) is 0 Å². The van der Waals surface area contributed by atoms with Crippen molar-refractivity contribution in [1.82, 2.24) is 0 Å². The molecule has 0 amide bonds. The molecule has 0 aliphatic heterocycles. The van der Waals surface area contributed by atoms with Crippen molar-refractivity contribution in [1.29, 1.82) is 0 Å². The Balaban J connectivity index is 2.55. The van der Waals surface area contributed by atoms with Gasteiger partial charge in [-0.05, 0) is 51.0 Å². The maximum Gasteiger partial charge on any atom is 0.120 e. The molecule has 0 saturated heterocycles. The summed E-state index contributed by atoms with van der Waals surface area (Å²) in [5, 5.41) is 3.81. The molecule has 0 heterocycles. The van der Waals surface area contributed by atoms with Gasteiger partial charge < -0.3 is 14.3 Å². The molecule has 0 fully saturated rings. The highest BCUT2D eigenvalue weighted by atomic mass is 32.2. The molecule has 0 N–H and O–H groups in total. The summed E-state index contributed by atoms with van der Waals surface area (Å²) in [7, 11) is 1.53. The smallest absolute Gasteiger partial charge is 0.120 e. The zero-order valence-electron chi connectivity index (χ0n) is 14.0. The maximum atomic E-state index is 5.69. The standard InChI is InChI=1S/C17H25NO3S/c1-6-7-8-21-16-9-13(2)17(14(3)10-16)22-12-20-11-15(4)18-19-5/h6-7,9-10H,8,11-12H2,1-5H3/b7-6+,18-15?. The first-order chi connectivity index (χ1) is 10.6. The van der Waals surface area contributed by atoms with Crippen LogP contribution in [0.15, 0.2) is 34.3 Å². The maximum absolute atomic E-state index is 5.69. The Labute approximate surface area is 137 Å². The van der Waals surface area contributed by atoms with Crippen LogP contribution in [0.25, 0.3) is 0 Å². The molecular formula is C17H25NO3S. The third-order valence-corrected chi connectivity index (χ3v) is 4.08. The number of nitrogens with zero attached hydrogens (tertiary/aromatic N) is 1. The van der Waals surface area contributed by atoms with Crippen molar-refractivity contribution in [2.24, 2.45) is 5.16 Å². The molecule has 4 nitrogen and oxygen atoms in total. The lowest BCUT2D eigenvalue weighted by Crippen LogP contribution is -2.05. The van der Waals surface area contributed by atoms with Crippen molar-refractivity contribution >= 4 is 17.5 Å². The normalized spacial score (nSPS) is 12.0. The monoisotopic (exact) mass is 323 g/mol. The van der Waals surface area contributed by atoms with Gasteiger partial charge in [-0.15, -0.1) is 0 Å². The van der Waals surface area contributed by atoms with Gasteiger partial charge in [-0.1, -0.05) is 29.1 Å². The van der Waals surface area contributed by atoms with Crippen LogP contribution >= 0.6 is 11.8 Å². The number of ether oxygens (including phenoxy) is 2. The van der Waals surface area contributed by atoms with Crippen LogP contribution in [0.5, 0.6) is 5.75 Å². The van der Waals surface area contributed by atoms with Crippen LogP contribution < -0.4 is 4.74 Å². The van der Waals surface area contributed by atoms with Crippen LogP contribution in [-0.4, -0.2) is 32.0 Å². The summed E-state index contributed by atoms with van der Waals surface area (Å²) >= 11 is 1.68. The first-order valence-corrected chi connectivity index (χ1v) is 8.19. The number of benzene rings is 1. The molecule has 0 aliphatic rings. The molecule has 0 saturated carbocycles. The summed E-state index contributed by atoms with van der Waals surface area (Å²) < 4.78 is 11.3. The van der Waals surface area contributed by atoms with E-state index in [1.165, 1.54) is 23.1 Å². The molecule has 0 unspecified atom stereocenters. The first kappa shape index (κ1) is 18.6. The number of allylic oxidation sites excluding steroid dienone is 1. The average molecular weight is 323 g/mol. The van der Waals surface area contributed by atoms with E-state index in [2.05, 4.69) is 31.1 Å². The third kappa shape index (κ3) is 6.54. The molecule has 0 atom stereocenters. The number of aryl methyl sites for hydroxylation is 2. The second kappa shape index (κ2) is 10.3. The topological polar surface area (TPSA) is 40.0 Å². The van der Waals surface area contributed by atoms with Gasteiger partial charge in [0.05, 0.1) is 18.3 Å². The van der Waals surface area contributed by atoms with Gasteiger partial charge in [0.15, 0.2) is 0 Å². The quantitative estimate of drug-likeness (QED) is 0.169. The van der Waals surface area contributed by atoms with Crippen LogP contribution in [-0.2, 0) is 9.57 Å². The summed E-state index contributed by atoms with van der Waals surface area (Å²) in [4.78, 5) is 5.93. The van der Waals surface area contributed by atoms with Gasteiger partial charge in [-0.3, -0.25) is 0 Å². The summed E-state index contributed by atoms with van der Waals surface area (Å²) in [6.07, 6.45) is 3.97. The van der Waals surface area contributed by atoms with Gasteiger partial charge in [0.1, 0.15) is 19.5 Å². The molecule has 0 aliphatic carbocycles. The van der Waals surface area contributed by atoms with Crippen LogP contribution in [0.2, 0.25) is 0 Å². The number of thioether (sulfide) groups is 1. The number of oxime groups is 1. The molecule has 22 heavy (non-hydrogen) atoms. The first-order valence-electron chi connectivity index (χ1n) is 7.20. The molecule has 0 aromatic heterocycles. The van der Waals surface area contributed by atoms with E-state index in [0.717, 1.165) is 11.5 Å². The molecule has 1 aromatic rings. The van der Waals surface area contributed by atoms with Gasteiger partial charge in [-0.2, -0.15) is 0 Å². The van der Waals surface area contributed by atoms with Gasteiger partial charge in [0.2, 0.25) is 0 Å². The Bertz CT molecular complexity index is 504. The predicted molar refractivity (Wildman–Crippen MR) is 93.0 cm³/mol. The van der Waals surface area contributed by atoms with Crippen molar-refractivity contribution in [2.45, 2.75) is 32.6 Å². The molecule has 5 heteroatoms. The predicted octanol–water partition coefficient (Wildman–Crippen LogP) is 4.35. The minimum Gasteiger partial charge on any atom is -0.490 e. The summed E-state index contributed by atoms with van der Waals surface area (Å²) in [5.41, 5.74) is 3.22. The van der Waals surface area contributed by atoms with Gasteiger partial charge in [-0.25, -0.2) is 0 Å². The van der Waals surface area contributed by atoms with Gasteiger partial charge in [0.25, 0.3) is 0 Å². The lowest BCUT2D eigenvalue weighted by atomic mass is 10.1. The Morgan fingerprint density at radius 2 is 1.95 bits per heavy atom. The van der Waals surface area contributed by atoms with E-state index < -0.39 is 0 Å². The van der Waals surface area contributed by atoms with Gasteiger partial charge in [0, 0.05) is 4.90 Å². The summed E-state index contributed by atoms with van der Waals surface area (Å²) in [6.45, 7) is 9.12. The van der Waals surface area contributed by atoms with Crippen LogP contribution in [0, 0.1) is 13.8 Å². The van der Waals surface area contributed by atoms with E-state index in [4.69, 9.17) is 14.3 Å². The second-order valence-corrected chi connectivity index (χ2v) is 5.82. The molecule has 0 bridgehead atoms. The van der Waals surface area contributed by atoms with Crippen molar-refractivity contribution in [3.63, 3.8) is 0 Å². The summed E-state index contributed by atoms with van der Waals surface area (Å²) in [5.74, 6) is 1.48. The molecule has 1 rings (SSSR count). The Morgan fingerprint density at radius 3 is 2.55 bits per heavy atom. The van der Waals surface area contributed by atoms with Crippen LogP contribution in [0.3, 0.4) is 0 Å². The second-order valence-electron chi connectivity index (χ2n) is 4.89. The Hall–Kier alpha value is -1.46. The van der Waals surface area contributed by atoms with Crippen molar-refractivity contribution < 1.29 is 14.3 Å². The Kier molecular flexibility index (Phi) is 8.70. The number of hydrogen-bond donors (Lipinski definition) is 0. The van der Waals surface area contributed by atoms with Crippen molar-refractivity contribution in [2.75, 3.05) is 26.3 Å². The molecule has 0 radical (unpaired) electrons.